The lowest BCUT2D eigenvalue weighted by atomic mass is 10.3. The van der Waals surface area contributed by atoms with Crippen LogP contribution in [0.3, 0.4) is 0 Å². The summed E-state index contributed by atoms with van der Waals surface area (Å²) in [6, 6.07) is 5.88. The predicted molar refractivity (Wildman–Crippen MR) is 80.2 cm³/mol. The van der Waals surface area contributed by atoms with E-state index in [4.69, 9.17) is 14.3 Å². The molecule has 3 rings (SSSR count). The molecule has 0 unspecified atom stereocenters. The Morgan fingerprint density at radius 3 is 2.90 bits per heavy atom. The van der Waals surface area contributed by atoms with Crippen molar-refractivity contribution in [1.29, 1.82) is 0 Å². The van der Waals surface area contributed by atoms with Gasteiger partial charge < -0.3 is 14.3 Å². The average Bonchev–Trinajstić information content (AvgIpc) is 2.81. The van der Waals surface area contributed by atoms with Crippen LogP contribution in [-0.4, -0.2) is 16.1 Å². The molecule has 0 atom stereocenters. The Bertz CT molecular complexity index is 846. The minimum absolute atomic E-state index is 0.0642. The van der Waals surface area contributed by atoms with Crippen molar-refractivity contribution >= 4 is 39.5 Å². The first-order valence-corrected chi connectivity index (χ1v) is 6.87. The molecule has 0 amide bonds. The largest absolute Gasteiger partial charge is 0.475 e. The Morgan fingerprint density at radius 1 is 1.38 bits per heavy atom. The molecule has 0 radical (unpaired) electrons. The van der Waals surface area contributed by atoms with Crippen LogP contribution in [0.1, 0.15) is 10.6 Å². The lowest BCUT2D eigenvalue weighted by Gasteiger charge is -2.06. The molecule has 2 aromatic heterocycles. The molecule has 21 heavy (non-hydrogen) atoms. The number of benzene rings is 1. The molecule has 1 aromatic carbocycles. The molecule has 0 saturated carbocycles. The number of nitrogens with zero attached hydrogens (tertiary/aromatic N) is 1. The first-order chi connectivity index (χ1) is 10.1. The van der Waals surface area contributed by atoms with Crippen molar-refractivity contribution in [3.63, 3.8) is 0 Å². The molecule has 3 aromatic rings. The van der Waals surface area contributed by atoms with Gasteiger partial charge in [0.2, 0.25) is 0 Å². The van der Waals surface area contributed by atoms with Gasteiger partial charge in [0, 0.05) is 16.0 Å². The highest BCUT2D eigenvalue weighted by molar-refractivity contribution is 14.1. The second kappa shape index (κ2) is 5.32. The van der Waals surface area contributed by atoms with E-state index in [0.29, 0.717) is 14.5 Å². The summed E-state index contributed by atoms with van der Waals surface area (Å²) < 4.78 is 25.2. The minimum atomic E-state index is -1.30. The minimum Gasteiger partial charge on any atom is -0.475 e. The highest BCUT2D eigenvalue weighted by atomic mass is 127. The van der Waals surface area contributed by atoms with Crippen LogP contribution in [0.2, 0.25) is 0 Å². The van der Waals surface area contributed by atoms with Gasteiger partial charge in [0.05, 0.1) is 5.39 Å². The van der Waals surface area contributed by atoms with E-state index < -0.39 is 17.5 Å². The number of aromatic carboxylic acids is 1. The monoisotopic (exact) mass is 399 g/mol. The number of carbonyl (C=O) groups is 1. The molecular formula is C14H7FINO4. The van der Waals surface area contributed by atoms with Gasteiger partial charge in [-0.25, -0.2) is 9.18 Å². The maximum absolute atomic E-state index is 13.9. The second-order valence-corrected chi connectivity index (χ2v) is 5.36. The van der Waals surface area contributed by atoms with Crippen molar-refractivity contribution in [2.45, 2.75) is 0 Å². The molecule has 0 aliphatic carbocycles. The maximum atomic E-state index is 13.9. The van der Waals surface area contributed by atoms with Gasteiger partial charge in [0.15, 0.2) is 17.3 Å². The first-order valence-electron chi connectivity index (χ1n) is 5.79. The van der Waals surface area contributed by atoms with Crippen LogP contribution in [0.15, 0.2) is 41.1 Å². The van der Waals surface area contributed by atoms with Gasteiger partial charge in [0.1, 0.15) is 5.58 Å². The van der Waals surface area contributed by atoms with Crippen molar-refractivity contribution in [3.05, 3.63) is 51.8 Å². The third-order valence-electron chi connectivity index (χ3n) is 2.74. The smallest absolute Gasteiger partial charge is 0.375 e. The zero-order valence-electron chi connectivity index (χ0n) is 10.3. The van der Waals surface area contributed by atoms with Crippen LogP contribution in [0.4, 0.5) is 4.39 Å². The lowest BCUT2D eigenvalue weighted by Crippen LogP contribution is -1.98. The summed E-state index contributed by atoms with van der Waals surface area (Å²) >= 11 is 1.97. The molecule has 2 heterocycles. The molecule has 0 spiro atoms. The Morgan fingerprint density at radius 2 is 2.19 bits per heavy atom. The van der Waals surface area contributed by atoms with E-state index in [1.807, 2.05) is 22.6 Å². The number of pyridine rings is 1. The zero-order chi connectivity index (χ0) is 15.0. The van der Waals surface area contributed by atoms with Crippen LogP contribution in [-0.2, 0) is 0 Å². The second-order valence-electron chi connectivity index (χ2n) is 4.11. The number of ether oxygens (including phenoxy) is 1. The fourth-order valence-corrected chi connectivity index (χ4v) is 2.28. The van der Waals surface area contributed by atoms with E-state index in [0.717, 1.165) is 0 Å². The van der Waals surface area contributed by atoms with Crippen molar-refractivity contribution in [2.24, 2.45) is 0 Å². The molecule has 5 nitrogen and oxygen atoms in total. The topological polar surface area (TPSA) is 72.6 Å². The van der Waals surface area contributed by atoms with E-state index in [9.17, 15) is 9.18 Å². The number of hydrogen-bond acceptors (Lipinski definition) is 4. The Kier molecular flexibility index (Phi) is 3.50. The van der Waals surface area contributed by atoms with Crippen LogP contribution in [0.5, 0.6) is 11.5 Å². The van der Waals surface area contributed by atoms with E-state index in [1.165, 1.54) is 30.6 Å². The molecule has 0 aliphatic heterocycles. The molecule has 106 valence electrons. The van der Waals surface area contributed by atoms with Crippen molar-refractivity contribution < 1.29 is 23.4 Å². The van der Waals surface area contributed by atoms with Crippen molar-refractivity contribution in [2.75, 3.05) is 0 Å². The van der Waals surface area contributed by atoms with E-state index in [1.54, 1.807) is 6.07 Å². The Balaban J connectivity index is 2.14. The summed E-state index contributed by atoms with van der Waals surface area (Å²) in [4.78, 5) is 15.1. The lowest BCUT2D eigenvalue weighted by molar-refractivity contribution is 0.0661. The van der Waals surface area contributed by atoms with Gasteiger partial charge in [-0.1, -0.05) is 0 Å². The summed E-state index contributed by atoms with van der Waals surface area (Å²) in [7, 11) is 0. The summed E-state index contributed by atoms with van der Waals surface area (Å²) in [5.74, 6) is -2.42. The Labute approximate surface area is 131 Å². The first kappa shape index (κ1) is 13.8. The quantitative estimate of drug-likeness (QED) is 0.673. The number of rotatable bonds is 3. The molecular weight excluding hydrogens is 392 g/mol. The summed E-state index contributed by atoms with van der Waals surface area (Å²) in [6.07, 6.45) is 2.87. The van der Waals surface area contributed by atoms with Gasteiger partial charge in [-0.05, 0) is 46.9 Å². The molecule has 0 bridgehead atoms. The number of fused-ring (bicyclic) bond motifs is 1. The number of furan rings is 1. The van der Waals surface area contributed by atoms with Crippen LogP contribution in [0, 0.1) is 9.39 Å². The number of carboxylic acids is 1. The van der Waals surface area contributed by atoms with E-state index >= 15 is 0 Å². The van der Waals surface area contributed by atoms with Gasteiger partial charge in [-0.3, -0.25) is 4.98 Å². The summed E-state index contributed by atoms with van der Waals surface area (Å²) in [6.45, 7) is 0. The van der Waals surface area contributed by atoms with Crippen LogP contribution < -0.4 is 4.74 Å². The van der Waals surface area contributed by atoms with E-state index in [-0.39, 0.29) is 11.5 Å². The van der Waals surface area contributed by atoms with Crippen LogP contribution >= 0.6 is 22.6 Å². The van der Waals surface area contributed by atoms with Crippen molar-refractivity contribution in [1.82, 2.24) is 4.98 Å². The SMILES string of the molecule is O=C(O)c1oc2ccncc2c1Oc1ccc(I)cc1F. The number of carboxylic acid groups (broad SMARTS) is 1. The highest BCUT2D eigenvalue weighted by Crippen LogP contribution is 2.36. The number of halogens is 2. The zero-order valence-corrected chi connectivity index (χ0v) is 12.5. The average molecular weight is 399 g/mol. The summed E-state index contributed by atoms with van der Waals surface area (Å²) in [5, 5.41) is 9.54. The van der Waals surface area contributed by atoms with E-state index in [2.05, 4.69) is 4.98 Å². The molecule has 0 fully saturated rings. The standard InChI is InChI=1S/C14H7FINO4/c15-9-5-7(16)1-2-11(9)21-12-8-6-17-4-3-10(8)20-13(12)14(18)19/h1-6H,(H,18,19). The van der Waals surface area contributed by atoms with Gasteiger partial charge in [0.25, 0.3) is 5.76 Å². The fraction of sp³-hybridized carbons (Fsp3) is 0. The van der Waals surface area contributed by atoms with Crippen molar-refractivity contribution in [3.8, 4) is 11.5 Å². The summed E-state index contributed by atoms with van der Waals surface area (Å²) in [5.41, 5.74) is 0.309. The van der Waals surface area contributed by atoms with Gasteiger partial charge in [-0.2, -0.15) is 0 Å². The molecule has 1 N–H and O–H groups in total. The third kappa shape index (κ3) is 2.56. The molecule has 7 heteroatoms. The van der Waals surface area contributed by atoms with Gasteiger partial charge >= 0.3 is 5.97 Å². The fourth-order valence-electron chi connectivity index (χ4n) is 1.83. The van der Waals surface area contributed by atoms with Crippen LogP contribution in [0.25, 0.3) is 11.0 Å². The predicted octanol–water partition coefficient (Wildman–Crippen LogP) is 4.06. The maximum Gasteiger partial charge on any atom is 0.375 e. The highest BCUT2D eigenvalue weighted by Gasteiger charge is 2.23. The molecule has 0 saturated heterocycles. The molecule has 0 aliphatic rings. The normalized spacial score (nSPS) is 10.8. The Hall–Kier alpha value is -2.16. The number of aromatic nitrogens is 1. The number of hydrogen-bond donors (Lipinski definition) is 1. The van der Waals surface area contributed by atoms with Gasteiger partial charge in [-0.15, -0.1) is 0 Å². The third-order valence-corrected chi connectivity index (χ3v) is 3.42.